The van der Waals surface area contributed by atoms with Crippen LogP contribution in [0.25, 0.3) is 0 Å². The summed E-state index contributed by atoms with van der Waals surface area (Å²) in [5.41, 5.74) is 0. The van der Waals surface area contributed by atoms with Gasteiger partial charge in [-0.1, -0.05) is 0 Å². The SMILES string of the molecule is CNc1nccc(N2CCCCC2CO)n1. The molecule has 0 bridgehead atoms. The van der Waals surface area contributed by atoms with Crippen LogP contribution in [0.2, 0.25) is 0 Å². The second-order valence-electron chi connectivity index (χ2n) is 4.01. The summed E-state index contributed by atoms with van der Waals surface area (Å²) in [5, 5.41) is 12.3. The summed E-state index contributed by atoms with van der Waals surface area (Å²) in [4.78, 5) is 10.7. The predicted molar refractivity (Wildman–Crippen MR) is 63.6 cm³/mol. The number of rotatable bonds is 3. The van der Waals surface area contributed by atoms with E-state index in [0.717, 1.165) is 25.2 Å². The van der Waals surface area contributed by atoms with Gasteiger partial charge in [0.1, 0.15) is 5.82 Å². The van der Waals surface area contributed by atoms with Gasteiger partial charge in [0.05, 0.1) is 12.6 Å². The highest BCUT2D eigenvalue weighted by atomic mass is 16.3. The fourth-order valence-corrected chi connectivity index (χ4v) is 2.12. The zero-order valence-electron chi connectivity index (χ0n) is 9.56. The molecule has 88 valence electrons. The van der Waals surface area contributed by atoms with Crippen LogP contribution in [0.15, 0.2) is 12.3 Å². The van der Waals surface area contributed by atoms with Gasteiger partial charge in [-0.25, -0.2) is 4.98 Å². The van der Waals surface area contributed by atoms with Gasteiger partial charge >= 0.3 is 0 Å². The summed E-state index contributed by atoms with van der Waals surface area (Å²) < 4.78 is 0. The maximum absolute atomic E-state index is 9.35. The third-order valence-electron chi connectivity index (χ3n) is 3.00. The lowest BCUT2D eigenvalue weighted by Crippen LogP contribution is -2.42. The molecule has 0 aliphatic carbocycles. The van der Waals surface area contributed by atoms with Crippen LogP contribution >= 0.6 is 0 Å². The Balaban J connectivity index is 2.20. The first-order valence-electron chi connectivity index (χ1n) is 5.73. The molecular weight excluding hydrogens is 204 g/mol. The number of aromatic nitrogens is 2. The van der Waals surface area contributed by atoms with E-state index in [2.05, 4.69) is 20.2 Å². The minimum atomic E-state index is 0.193. The van der Waals surface area contributed by atoms with Crippen LogP contribution in [-0.2, 0) is 0 Å². The Labute approximate surface area is 95.5 Å². The molecule has 2 rings (SSSR count). The van der Waals surface area contributed by atoms with E-state index >= 15 is 0 Å². The Hall–Kier alpha value is -1.36. The van der Waals surface area contributed by atoms with Gasteiger partial charge in [0.15, 0.2) is 0 Å². The lowest BCUT2D eigenvalue weighted by molar-refractivity contribution is 0.239. The fourth-order valence-electron chi connectivity index (χ4n) is 2.12. The first kappa shape index (κ1) is 11.1. The number of nitrogens with one attached hydrogen (secondary N) is 1. The van der Waals surface area contributed by atoms with Gasteiger partial charge in [-0.05, 0) is 25.3 Å². The van der Waals surface area contributed by atoms with Gasteiger partial charge in [-0.3, -0.25) is 0 Å². The maximum atomic E-state index is 9.35. The van der Waals surface area contributed by atoms with Gasteiger partial charge in [0.2, 0.25) is 5.95 Å². The molecular formula is C11H18N4O. The molecule has 5 heteroatoms. The normalized spacial score (nSPS) is 20.9. The molecule has 1 aliphatic rings. The van der Waals surface area contributed by atoms with Crippen molar-refractivity contribution in [1.29, 1.82) is 0 Å². The van der Waals surface area contributed by atoms with Crippen molar-refractivity contribution in [1.82, 2.24) is 9.97 Å². The van der Waals surface area contributed by atoms with E-state index < -0.39 is 0 Å². The molecule has 0 saturated carbocycles. The molecule has 16 heavy (non-hydrogen) atoms. The van der Waals surface area contributed by atoms with Crippen LogP contribution in [0.3, 0.4) is 0 Å². The van der Waals surface area contributed by atoms with Crippen molar-refractivity contribution in [2.75, 3.05) is 30.4 Å². The molecule has 5 nitrogen and oxygen atoms in total. The average Bonchev–Trinajstić information content (AvgIpc) is 2.38. The highest BCUT2D eigenvalue weighted by molar-refractivity contribution is 5.43. The smallest absolute Gasteiger partial charge is 0.224 e. The van der Waals surface area contributed by atoms with Crippen LogP contribution in [0, 0.1) is 0 Å². The van der Waals surface area contributed by atoms with Gasteiger partial charge in [-0.15, -0.1) is 0 Å². The minimum absolute atomic E-state index is 0.193. The zero-order valence-corrected chi connectivity index (χ0v) is 9.56. The maximum Gasteiger partial charge on any atom is 0.224 e. The van der Waals surface area contributed by atoms with Gasteiger partial charge in [0, 0.05) is 19.8 Å². The highest BCUT2D eigenvalue weighted by Crippen LogP contribution is 2.23. The average molecular weight is 222 g/mol. The minimum Gasteiger partial charge on any atom is -0.394 e. The number of aliphatic hydroxyl groups is 1. The summed E-state index contributed by atoms with van der Waals surface area (Å²) in [6.07, 6.45) is 5.13. The Morgan fingerprint density at radius 1 is 1.56 bits per heavy atom. The molecule has 0 aromatic carbocycles. The first-order valence-corrected chi connectivity index (χ1v) is 5.73. The standard InChI is InChI=1S/C11H18N4O/c1-12-11-13-6-5-10(14-11)15-7-3-2-4-9(15)8-16/h5-6,9,16H,2-4,7-8H2,1H3,(H,12,13,14). The van der Waals surface area contributed by atoms with Crippen LogP contribution in [0.4, 0.5) is 11.8 Å². The Bertz CT molecular complexity index is 345. The summed E-state index contributed by atoms with van der Waals surface area (Å²) in [6, 6.07) is 2.10. The molecule has 2 N–H and O–H groups in total. The second kappa shape index (κ2) is 5.12. The van der Waals surface area contributed by atoms with E-state index in [-0.39, 0.29) is 12.6 Å². The summed E-state index contributed by atoms with van der Waals surface area (Å²) in [7, 11) is 1.80. The number of hydrogen-bond donors (Lipinski definition) is 2. The molecule has 1 aromatic rings. The number of anilines is 2. The summed E-state index contributed by atoms with van der Waals surface area (Å²) >= 11 is 0. The van der Waals surface area contributed by atoms with Crippen molar-refractivity contribution in [3.05, 3.63) is 12.3 Å². The lowest BCUT2D eigenvalue weighted by Gasteiger charge is -2.35. The van der Waals surface area contributed by atoms with Crippen LogP contribution in [0.5, 0.6) is 0 Å². The number of nitrogens with zero attached hydrogens (tertiary/aromatic N) is 3. The molecule has 0 radical (unpaired) electrons. The first-order chi connectivity index (χ1) is 7.85. The van der Waals surface area contributed by atoms with E-state index in [0.29, 0.717) is 5.95 Å². The van der Waals surface area contributed by atoms with E-state index in [1.807, 2.05) is 6.07 Å². The van der Waals surface area contributed by atoms with E-state index in [9.17, 15) is 5.11 Å². The summed E-state index contributed by atoms with van der Waals surface area (Å²) in [6.45, 7) is 1.16. The highest BCUT2D eigenvalue weighted by Gasteiger charge is 2.22. The van der Waals surface area contributed by atoms with Crippen LogP contribution in [-0.4, -0.2) is 41.3 Å². The van der Waals surface area contributed by atoms with Gasteiger partial charge < -0.3 is 15.3 Å². The fraction of sp³-hybridized carbons (Fsp3) is 0.636. The van der Waals surface area contributed by atoms with E-state index in [1.54, 1.807) is 13.2 Å². The number of hydrogen-bond acceptors (Lipinski definition) is 5. The van der Waals surface area contributed by atoms with Crippen molar-refractivity contribution in [2.24, 2.45) is 0 Å². The number of piperidine rings is 1. The van der Waals surface area contributed by atoms with Crippen molar-refractivity contribution in [3.63, 3.8) is 0 Å². The Kier molecular flexibility index (Phi) is 3.56. The molecule has 1 saturated heterocycles. The largest absolute Gasteiger partial charge is 0.394 e. The van der Waals surface area contributed by atoms with Crippen molar-refractivity contribution in [3.8, 4) is 0 Å². The van der Waals surface area contributed by atoms with E-state index in [4.69, 9.17) is 0 Å². The van der Waals surface area contributed by atoms with Crippen molar-refractivity contribution in [2.45, 2.75) is 25.3 Å². The molecule has 0 spiro atoms. The third kappa shape index (κ3) is 2.24. The molecule has 2 heterocycles. The van der Waals surface area contributed by atoms with Gasteiger partial charge in [0.25, 0.3) is 0 Å². The van der Waals surface area contributed by atoms with E-state index in [1.165, 1.54) is 6.42 Å². The quantitative estimate of drug-likeness (QED) is 0.794. The molecule has 1 fully saturated rings. The molecule has 1 atom stereocenters. The second-order valence-corrected chi connectivity index (χ2v) is 4.01. The Morgan fingerprint density at radius 3 is 3.19 bits per heavy atom. The lowest BCUT2D eigenvalue weighted by atomic mass is 10.0. The van der Waals surface area contributed by atoms with Crippen LogP contribution < -0.4 is 10.2 Å². The molecule has 1 aliphatic heterocycles. The van der Waals surface area contributed by atoms with Crippen molar-refractivity contribution < 1.29 is 5.11 Å². The monoisotopic (exact) mass is 222 g/mol. The number of aliphatic hydroxyl groups excluding tert-OH is 1. The molecule has 1 aromatic heterocycles. The predicted octanol–water partition coefficient (Wildman–Crippen LogP) is 0.869. The zero-order chi connectivity index (χ0) is 11.4. The summed E-state index contributed by atoms with van der Waals surface area (Å²) in [5.74, 6) is 1.53. The van der Waals surface area contributed by atoms with Crippen LogP contribution in [0.1, 0.15) is 19.3 Å². The molecule has 1 unspecified atom stereocenters. The third-order valence-corrected chi connectivity index (χ3v) is 3.00. The van der Waals surface area contributed by atoms with Crippen molar-refractivity contribution >= 4 is 11.8 Å². The van der Waals surface area contributed by atoms with Gasteiger partial charge in [-0.2, -0.15) is 4.98 Å². The Morgan fingerprint density at radius 2 is 2.44 bits per heavy atom. The molecule has 0 amide bonds. The topological polar surface area (TPSA) is 61.3 Å².